The van der Waals surface area contributed by atoms with E-state index in [2.05, 4.69) is 10.2 Å². The number of rotatable bonds is 8. The summed E-state index contributed by atoms with van der Waals surface area (Å²) >= 11 is 5.75. The largest absolute Gasteiger partial charge is 0.497 e. The number of fused-ring (bicyclic) bond motifs is 1. The molecule has 0 N–H and O–H groups in total. The molecule has 0 fully saturated rings. The topological polar surface area (TPSA) is 69.5 Å². The van der Waals surface area contributed by atoms with E-state index in [0.29, 0.717) is 36.8 Å². The number of ether oxygens (including phenoxy) is 2. The number of aromatic nitrogens is 3. The lowest BCUT2D eigenvalue weighted by Gasteiger charge is -2.26. The van der Waals surface area contributed by atoms with E-state index >= 15 is 0 Å². The van der Waals surface area contributed by atoms with Gasteiger partial charge in [0.2, 0.25) is 0 Å². The molecular weight excluding hydrogens is 526 g/mol. The Morgan fingerprint density at radius 3 is 2.36 bits per heavy atom. The van der Waals surface area contributed by atoms with Crippen LogP contribution < -0.4 is 9.47 Å². The molecule has 1 aliphatic heterocycles. The molecule has 0 saturated heterocycles. The first-order valence-corrected chi connectivity index (χ1v) is 12.8. The number of carbonyl (C=O) groups excluding carboxylic acids is 1. The molecule has 0 aliphatic carbocycles. The van der Waals surface area contributed by atoms with Gasteiger partial charge in [-0.1, -0.05) is 29.8 Å². The van der Waals surface area contributed by atoms with Gasteiger partial charge < -0.3 is 18.9 Å². The molecule has 3 aromatic carbocycles. The van der Waals surface area contributed by atoms with Crippen LogP contribution >= 0.6 is 11.6 Å². The number of carbonyl (C=O) groups is 1. The monoisotopic (exact) mass is 552 g/mol. The highest BCUT2D eigenvalue weighted by Crippen LogP contribution is 2.35. The highest BCUT2D eigenvalue weighted by Gasteiger charge is 2.34. The predicted octanol–water partition coefficient (Wildman–Crippen LogP) is 6.38. The summed E-state index contributed by atoms with van der Waals surface area (Å²) in [5, 5.41) is 8.65. The van der Waals surface area contributed by atoms with Crippen LogP contribution in [0.25, 0.3) is 11.4 Å². The van der Waals surface area contributed by atoms with Gasteiger partial charge in [-0.2, -0.15) is 0 Å². The molecule has 0 atom stereocenters. The third-order valence-corrected chi connectivity index (χ3v) is 6.92. The Hall–Kier alpha value is -3.98. The molecule has 1 aromatic heterocycles. The molecule has 0 radical (unpaired) electrons. The number of methoxy groups -OCH3 is 1. The van der Waals surface area contributed by atoms with Crippen molar-refractivity contribution in [3.63, 3.8) is 0 Å². The second-order valence-corrected chi connectivity index (χ2v) is 10.2. The van der Waals surface area contributed by atoms with Gasteiger partial charge >= 0.3 is 0 Å². The summed E-state index contributed by atoms with van der Waals surface area (Å²) in [6.07, 6.45) is 0. The Bertz CT molecular complexity index is 1530. The molecule has 5 rings (SSSR count). The molecule has 39 heavy (non-hydrogen) atoms. The van der Waals surface area contributed by atoms with Crippen LogP contribution in [0.2, 0.25) is 5.02 Å². The van der Waals surface area contributed by atoms with E-state index in [1.54, 1.807) is 31.9 Å². The first kappa shape index (κ1) is 26.6. The predicted molar refractivity (Wildman–Crippen MR) is 143 cm³/mol. The average Bonchev–Trinajstić information content (AvgIpc) is 3.48. The quantitative estimate of drug-likeness (QED) is 0.254. The van der Waals surface area contributed by atoms with Gasteiger partial charge in [0.15, 0.2) is 34.6 Å². The van der Waals surface area contributed by atoms with Crippen molar-refractivity contribution in [3.8, 4) is 22.9 Å². The fourth-order valence-electron chi connectivity index (χ4n) is 4.79. The molecule has 0 spiro atoms. The number of benzene rings is 3. The molecule has 4 aromatic rings. The molecule has 202 valence electrons. The van der Waals surface area contributed by atoms with Gasteiger partial charge in [0, 0.05) is 35.8 Å². The molecule has 0 saturated carbocycles. The zero-order chi connectivity index (χ0) is 27.9. The molecule has 0 unspecified atom stereocenters. The van der Waals surface area contributed by atoms with E-state index in [1.807, 2.05) is 47.9 Å². The summed E-state index contributed by atoms with van der Waals surface area (Å²) in [5.41, 5.74) is 2.08. The fraction of sp³-hybridized carbons (Fsp3) is 0.276. The van der Waals surface area contributed by atoms with E-state index in [-0.39, 0.29) is 10.9 Å². The van der Waals surface area contributed by atoms with Crippen molar-refractivity contribution in [1.82, 2.24) is 19.7 Å². The van der Waals surface area contributed by atoms with Gasteiger partial charge in [0.25, 0.3) is 5.91 Å². The van der Waals surface area contributed by atoms with E-state index in [1.165, 1.54) is 0 Å². The molecule has 0 bridgehead atoms. The van der Waals surface area contributed by atoms with E-state index in [0.717, 1.165) is 34.6 Å². The fourth-order valence-corrected chi connectivity index (χ4v) is 4.98. The van der Waals surface area contributed by atoms with Gasteiger partial charge in [-0.25, -0.2) is 8.78 Å². The smallest absolute Gasteiger partial charge is 0.254 e. The lowest BCUT2D eigenvalue weighted by molar-refractivity contribution is 0.0766. The van der Waals surface area contributed by atoms with Crippen molar-refractivity contribution in [3.05, 3.63) is 93.8 Å². The lowest BCUT2D eigenvalue weighted by atomic mass is 10.1. The first-order chi connectivity index (χ1) is 18.6. The summed E-state index contributed by atoms with van der Waals surface area (Å²) < 4.78 is 41.7. The van der Waals surface area contributed by atoms with E-state index in [4.69, 9.17) is 21.1 Å². The number of hydrogen-bond donors (Lipinski definition) is 0. The number of nitrogens with zero attached hydrogens (tertiary/aromatic N) is 4. The van der Waals surface area contributed by atoms with Crippen molar-refractivity contribution in [2.45, 2.75) is 46.0 Å². The van der Waals surface area contributed by atoms with Crippen molar-refractivity contribution in [2.75, 3.05) is 7.11 Å². The van der Waals surface area contributed by atoms with Crippen LogP contribution in [0.5, 0.6) is 11.5 Å². The Labute approximate surface area is 229 Å². The van der Waals surface area contributed by atoms with Crippen molar-refractivity contribution >= 4 is 17.5 Å². The summed E-state index contributed by atoms with van der Waals surface area (Å²) in [6, 6.07) is 15.2. The van der Waals surface area contributed by atoms with Crippen molar-refractivity contribution < 1.29 is 23.0 Å². The highest BCUT2D eigenvalue weighted by atomic mass is 35.5. The third kappa shape index (κ3) is 5.06. The van der Waals surface area contributed by atoms with E-state index < -0.39 is 23.0 Å². The number of amides is 1. The maximum Gasteiger partial charge on any atom is 0.254 e. The number of hydrogen-bond acceptors (Lipinski definition) is 5. The second-order valence-electron chi connectivity index (χ2n) is 9.78. The second kappa shape index (κ2) is 10.3. The highest BCUT2D eigenvalue weighted by molar-refractivity contribution is 6.30. The molecule has 10 heteroatoms. The third-order valence-electron chi connectivity index (χ3n) is 6.70. The average molecular weight is 553 g/mol. The summed E-state index contributed by atoms with van der Waals surface area (Å²) in [5.74, 6) is -0.666. The molecule has 1 aliphatic rings. The lowest BCUT2D eigenvalue weighted by Crippen LogP contribution is -2.30. The SMILES string of the molecule is CCn1c(-c2ccc3c(c2)CN(Cc2ccc(OC)cc2)C3=O)nnc1C(C)(C)Oc1c(F)cc(Cl)cc1F. The van der Waals surface area contributed by atoms with E-state index in [9.17, 15) is 13.6 Å². The maximum atomic E-state index is 14.4. The molecular formula is C29H27ClF2N4O3. The van der Waals surface area contributed by atoms with Crippen LogP contribution in [-0.4, -0.2) is 32.7 Å². The molecule has 7 nitrogen and oxygen atoms in total. The summed E-state index contributed by atoms with van der Waals surface area (Å²) in [4.78, 5) is 14.9. The number of halogens is 3. The Morgan fingerprint density at radius 2 is 1.72 bits per heavy atom. The van der Waals surface area contributed by atoms with Crippen molar-refractivity contribution in [2.24, 2.45) is 0 Å². The first-order valence-electron chi connectivity index (χ1n) is 12.4. The normalized spacial score (nSPS) is 13.1. The van der Waals surface area contributed by atoms with Crippen LogP contribution in [0.4, 0.5) is 8.78 Å². The Kier molecular flexibility index (Phi) is 7.03. The standard InChI is InChI=1S/C29H27ClF2N4O3/c1-5-36-26(33-34-28(36)29(2,3)39-25-23(31)13-20(30)14-24(25)32)18-8-11-22-19(12-18)16-35(27(22)37)15-17-6-9-21(38-4)10-7-17/h6-14H,5,15-16H2,1-4H3. The summed E-state index contributed by atoms with van der Waals surface area (Å²) in [6.45, 7) is 6.67. The molecule has 1 amide bonds. The van der Waals surface area contributed by atoms with Crippen molar-refractivity contribution in [1.29, 1.82) is 0 Å². The van der Waals surface area contributed by atoms with Crippen LogP contribution in [0, 0.1) is 11.6 Å². The van der Waals surface area contributed by atoms with Crippen LogP contribution in [0.3, 0.4) is 0 Å². The zero-order valence-corrected chi connectivity index (χ0v) is 22.7. The van der Waals surface area contributed by atoms with Gasteiger partial charge in [0.1, 0.15) is 5.75 Å². The van der Waals surface area contributed by atoms with Crippen LogP contribution in [0.15, 0.2) is 54.6 Å². The van der Waals surface area contributed by atoms with Gasteiger partial charge in [0.05, 0.1) is 7.11 Å². The minimum Gasteiger partial charge on any atom is -0.497 e. The Morgan fingerprint density at radius 1 is 1.03 bits per heavy atom. The summed E-state index contributed by atoms with van der Waals surface area (Å²) in [7, 11) is 1.61. The van der Waals surface area contributed by atoms with Gasteiger partial charge in [-0.15, -0.1) is 10.2 Å². The zero-order valence-electron chi connectivity index (χ0n) is 22.0. The van der Waals surface area contributed by atoms with Gasteiger partial charge in [-0.05, 0) is 68.3 Å². The van der Waals surface area contributed by atoms with Crippen LogP contribution in [0.1, 0.15) is 48.1 Å². The minimum absolute atomic E-state index is 0.0356. The van der Waals surface area contributed by atoms with Crippen LogP contribution in [-0.2, 0) is 25.2 Å². The van der Waals surface area contributed by atoms with Gasteiger partial charge in [-0.3, -0.25) is 4.79 Å². The minimum atomic E-state index is -1.22. The molecule has 2 heterocycles. The maximum absolute atomic E-state index is 14.4. The Balaban J connectivity index is 1.41.